The minimum atomic E-state index is -0.362. The molecule has 1 aliphatic rings. The Hall–Kier alpha value is -2.57. The fourth-order valence-electron chi connectivity index (χ4n) is 3.35. The number of nitrogens with two attached hydrogens (primary N) is 1. The zero-order valence-electron chi connectivity index (χ0n) is 14.7. The van der Waals surface area contributed by atoms with E-state index < -0.39 is 0 Å². The van der Waals surface area contributed by atoms with Crippen LogP contribution < -0.4 is 11.1 Å². The Morgan fingerprint density at radius 3 is 2.76 bits per heavy atom. The molecule has 0 aliphatic heterocycles. The second-order valence-corrected chi connectivity index (χ2v) is 6.69. The van der Waals surface area contributed by atoms with Crippen LogP contribution in [0, 0.1) is 12.8 Å². The first-order chi connectivity index (χ1) is 12.1. The van der Waals surface area contributed by atoms with Crippen molar-refractivity contribution in [3.05, 3.63) is 35.7 Å². The maximum absolute atomic E-state index is 11.2. The molecule has 2 aromatic heterocycles. The second-order valence-electron chi connectivity index (χ2n) is 6.69. The SMILES string of the molecule is COC(=O)NCC1CCC(c2cc(N)n(-c3ccc(C)cn3)n2)CC1. The number of nitrogens with zero attached hydrogens (tertiary/aromatic N) is 3. The van der Waals surface area contributed by atoms with Crippen molar-refractivity contribution in [3.8, 4) is 5.82 Å². The van der Waals surface area contributed by atoms with Gasteiger partial charge in [0, 0.05) is 24.7 Å². The van der Waals surface area contributed by atoms with Crippen LogP contribution in [0.2, 0.25) is 0 Å². The predicted molar refractivity (Wildman–Crippen MR) is 95.6 cm³/mol. The van der Waals surface area contributed by atoms with E-state index in [1.807, 2.05) is 31.3 Å². The largest absolute Gasteiger partial charge is 0.453 e. The maximum atomic E-state index is 11.2. The fourth-order valence-corrected chi connectivity index (χ4v) is 3.35. The quantitative estimate of drug-likeness (QED) is 0.890. The number of aryl methyl sites for hydroxylation is 1. The molecule has 3 rings (SSSR count). The van der Waals surface area contributed by atoms with Gasteiger partial charge in [0.05, 0.1) is 12.8 Å². The summed E-state index contributed by atoms with van der Waals surface area (Å²) in [6.45, 7) is 2.67. The lowest BCUT2D eigenvalue weighted by atomic mass is 9.80. The van der Waals surface area contributed by atoms with E-state index in [4.69, 9.17) is 5.73 Å². The number of carbonyl (C=O) groups is 1. The molecule has 1 amide bonds. The lowest BCUT2D eigenvalue weighted by molar-refractivity contribution is 0.167. The summed E-state index contributed by atoms with van der Waals surface area (Å²) < 4.78 is 6.32. The van der Waals surface area contributed by atoms with E-state index in [0.717, 1.165) is 42.8 Å². The topological polar surface area (TPSA) is 95.1 Å². The van der Waals surface area contributed by atoms with Crippen LogP contribution >= 0.6 is 0 Å². The van der Waals surface area contributed by atoms with Gasteiger partial charge in [-0.05, 0) is 50.2 Å². The van der Waals surface area contributed by atoms with Crippen LogP contribution in [0.3, 0.4) is 0 Å². The minimum absolute atomic E-state index is 0.362. The number of ether oxygens (including phenoxy) is 1. The van der Waals surface area contributed by atoms with Crippen LogP contribution in [0.4, 0.5) is 10.6 Å². The monoisotopic (exact) mass is 343 g/mol. The van der Waals surface area contributed by atoms with Crippen molar-refractivity contribution in [2.75, 3.05) is 19.4 Å². The number of rotatable bonds is 4. The molecule has 7 nitrogen and oxygen atoms in total. The summed E-state index contributed by atoms with van der Waals surface area (Å²) in [5.41, 5.74) is 8.27. The number of alkyl carbamates (subject to hydrolysis) is 1. The van der Waals surface area contributed by atoms with Gasteiger partial charge in [0.2, 0.25) is 0 Å². The van der Waals surface area contributed by atoms with E-state index in [1.165, 1.54) is 7.11 Å². The highest BCUT2D eigenvalue weighted by atomic mass is 16.5. The zero-order chi connectivity index (χ0) is 17.8. The van der Waals surface area contributed by atoms with Crippen molar-refractivity contribution in [1.29, 1.82) is 0 Å². The van der Waals surface area contributed by atoms with Gasteiger partial charge in [-0.15, -0.1) is 0 Å². The standard InChI is InChI=1S/C18H25N5O2/c1-12-3-8-17(20-10-12)23-16(19)9-15(22-23)14-6-4-13(5-7-14)11-21-18(24)25-2/h3,8-10,13-14H,4-7,11,19H2,1-2H3,(H,21,24). The molecule has 0 atom stereocenters. The van der Waals surface area contributed by atoms with Gasteiger partial charge in [0.25, 0.3) is 0 Å². The molecule has 134 valence electrons. The van der Waals surface area contributed by atoms with Crippen LogP contribution in [0.5, 0.6) is 0 Å². The molecule has 0 saturated heterocycles. The van der Waals surface area contributed by atoms with Crippen molar-refractivity contribution in [3.63, 3.8) is 0 Å². The van der Waals surface area contributed by atoms with Crippen molar-refractivity contribution in [1.82, 2.24) is 20.1 Å². The van der Waals surface area contributed by atoms with E-state index in [2.05, 4.69) is 20.1 Å². The molecule has 0 radical (unpaired) electrons. The molecular weight excluding hydrogens is 318 g/mol. The van der Waals surface area contributed by atoms with Gasteiger partial charge in [-0.3, -0.25) is 0 Å². The molecule has 2 aromatic rings. The molecule has 0 spiro atoms. The second kappa shape index (κ2) is 7.55. The lowest BCUT2D eigenvalue weighted by Gasteiger charge is -2.27. The molecule has 1 fully saturated rings. The highest BCUT2D eigenvalue weighted by Crippen LogP contribution is 2.35. The number of methoxy groups -OCH3 is 1. The van der Waals surface area contributed by atoms with Crippen LogP contribution in [0.15, 0.2) is 24.4 Å². The van der Waals surface area contributed by atoms with Gasteiger partial charge >= 0.3 is 6.09 Å². The Kier molecular flexibility index (Phi) is 5.21. The van der Waals surface area contributed by atoms with Gasteiger partial charge in [0.1, 0.15) is 5.82 Å². The summed E-state index contributed by atoms with van der Waals surface area (Å²) in [6, 6.07) is 5.89. The number of pyridine rings is 1. The molecule has 25 heavy (non-hydrogen) atoms. The van der Waals surface area contributed by atoms with Gasteiger partial charge in [-0.2, -0.15) is 9.78 Å². The summed E-state index contributed by atoms with van der Waals surface area (Å²) in [4.78, 5) is 15.6. The first kappa shape index (κ1) is 17.3. The third kappa shape index (κ3) is 4.10. The summed E-state index contributed by atoms with van der Waals surface area (Å²) in [5.74, 6) is 2.25. The number of hydrogen-bond donors (Lipinski definition) is 2. The van der Waals surface area contributed by atoms with Crippen LogP contribution in [0.1, 0.15) is 42.9 Å². The Morgan fingerprint density at radius 2 is 2.12 bits per heavy atom. The van der Waals surface area contributed by atoms with Crippen molar-refractivity contribution in [2.45, 2.75) is 38.5 Å². The maximum Gasteiger partial charge on any atom is 0.406 e. The normalized spacial score (nSPS) is 20.2. The summed E-state index contributed by atoms with van der Waals surface area (Å²) >= 11 is 0. The first-order valence-electron chi connectivity index (χ1n) is 8.67. The Morgan fingerprint density at radius 1 is 1.36 bits per heavy atom. The summed E-state index contributed by atoms with van der Waals surface area (Å²) in [6.07, 6.45) is 5.67. The van der Waals surface area contributed by atoms with Crippen molar-refractivity contribution >= 4 is 11.9 Å². The molecule has 2 heterocycles. The smallest absolute Gasteiger partial charge is 0.406 e. The molecule has 0 aromatic carbocycles. The van der Waals surface area contributed by atoms with Crippen LogP contribution in [-0.4, -0.2) is 34.5 Å². The van der Waals surface area contributed by atoms with Gasteiger partial charge in [-0.25, -0.2) is 9.78 Å². The van der Waals surface area contributed by atoms with Crippen molar-refractivity contribution < 1.29 is 9.53 Å². The fraction of sp³-hybridized carbons (Fsp3) is 0.500. The predicted octanol–water partition coefficient (Wildman–Crippen LogP) is 2.79. The van der Waals surface area contributed by atoms with E-state index >= 15 is 0 Å². The third-order valence-corrected chi connectivity index (χ3v) is 4.85. The van der Waals surface area contributed by atoms with Gasteiger partial charge < -0.3 is 15.8 Å². The number of amides is 1. The van der Waals surface area contributed by atoms with Gasteiger partial charge in [0.15, 0.2) is 5.82 Å². The average molecular weight is 343 g/mol. The average Bonchev–Trinajstić information content (AvgIpc) is 3.02. The highest BCUT2D eigenvalue weighted by Gasteiger charge is 2.25. The Labute approximate surface area is 147 Å². The molecule has 0 unspecified atom stereocenters. The Balaban J connectivity index is 1.61. The molecule has 1 saturated carbocycles. The molecule has 1 aliphatic carbocycles. The van der Waals surface area contributed by atoms with E-state index in [-0.39, 0.29) is 6.09 Å². The molecule has 0 bridgehead atoms. The third-order valence-electron chi connectivity index (χ3n) is 4.85. The summed E-state index contributed by atoms with van der Waals surface area (Å²) in [7, 11) is 1.38. The minimum Gasteiger partial charge on any atom is -0.453 e. The number of carbonyl (C=O) groups excluding carboxylic acids is 1. The van der Waals surface area contributed by atoms with Crippen molar-refractivity contribution in [2.24, 2.45) is 5.92 Å². The zero-order valence-corrected chi connectivity index (χ0v) is 14.7. The Bertz CT molecular complexity index is 718. The highest BCUT2D eigenvalue weighted by molar-refractivity contribution is 5.66. The number of anilines is 1. The number of aromatic nitrogens is 3. The molecular formula is C18H25N5O2. The number of nitrogens with one attached hydrogen (secondary N) is 1. The van der Waals surface area contributed by atoms with Crippen LogP contribution in [-0.2, 0) is 4.74 Å². The van der Waals surface area contributed by atoms with Crippen LogP contribution in [0.25, 0.3) is 5.82 Å². The van der Waals surface area contributed by atoms with E-state index in [1.54, 1.807) is 4.68 Å². The first-order valence-corrected chi connectivity index (χ1v) is 8.67. The summed E-state index contributed by atoms with van der Waals surface area (Å²) in [5, 5.41) is 7.47. The van der Waals surface area contributed by atoms with Gasteiger partial charge in [-0.1, -0.05) is 6.07 Å². The number of nitrogen functional groups attached to an aromatic ring is 1. The number of hydrogen-bond acceptors (Lipinski definition) is 5. The van der Waals surface area contributed by atoms with E-state index in [0.29, 0.717) is 24.2 Å². The molecule has 3 N–H and O–H groups in total. The molecule has 7 heteroatoms. The lowest BCUT2D eigenvalue weighted by Crippen LogP contribution is -2.30. The van der Waals surface area contributed by atoms with E-state index in [9.17, 15) is 4.79 Å².